The molecular formula is C18H12N6S3. The van der Waals surface area contributed by atoms with Gasteiger partial charge in [-0.1, -0.05) is 24.3 Å². The molecule has 0 bridgehead atoms. The lowest BCUT2D eigenvalue weighted by atomic mass is 10.2. The van der Waals surface area contributed by atoms with Crippen molar-refractivity contribution in [2.45, 2.75) is 16.7 Å². The van der Waals surface area contributed by atoms with E-state index < -0.39 is 0 Å². The fourth-order valence-electron chi connectivity index (χ4n) is 2.65. The van der Waals surface area contributed by atoms with Gasteiger partial charge in [-0.05, 0) is 51.1 Å². The molecule has 0 fully saturated rings. The molecule has 0 N–H and O–H groups in total. The monoisotopic (exact) mass is 408 g/mol. The maximum Gasteiger partial charge on any atom is 0.215 e. The van der Waals surface area contributed by atoms with E-state index in [9.17, 15) is 0 Å². The summed E-state index contributed by atoms with van der Waals surface area (Å²) < 4.78 is 1.80. The van der Waals surface area contributed by atoms with E-state index in [0.717, 1.165) is 27.3 Å². The van der Waals surface area contributed by atoms with Crippen molar-refractivity contribution in [3.05, 3.63) is 63.5 Å². The third kappa shape index (κ3) is 3.36. The average molecular weight is 409 g/mol. The molecule has 1 aromatic carbocycles. The Morgan fingerprint density at radius 1 is 1.00 bits per heavy atom. The van der Waals surface area contributed by atoms with Crippen molar-refractivity contribution in [3.8, 4) is 11.4 Å². The van der Waals surface area contributed by atoms with E-state index in [2.05, 4.69) is 32.4 Å². The number of benzene rings is 1. The van der Waals surface area contributed by atoms with Gasteiger partial charge in [0.1, 0.15) is 5.03 Å². The highest BCUT2D eigenvalue weighted by molar-refractivity contribution is 7.99. The van der Waals surface area contributed by atoms with Crippen molar-refractivity contribution in [1.29, 1.82) is 0 Å². The Bertz CT molecular complexity index is 1180. The van der Waals surface area contributed by atoms with Gasteiger partial charge in [0.05, 0.1) is 12.1 Å². The van der Waals surface area contributed by atoms with Crippen molar-refractivity contribution in [3.63, 3.8) is 0 Å². The molecule has 0 saturated carbocycles. The second-order valence-electron chi connectivity index (χ2n) is 5.68. The van der Waals surface area contributed by atoms with Crippen LogP contribution >= 0.6 is 34.4 Å². The number of rotatable bonds is 5. The minimum Gasteiger partial charge on any atom is -0.228 e. The average Bonchev–Trinajstić information content (AvgIpc) is 3.46. The number of aromatic nitrogens is 6. The lowest BCUT2D eigenvalue weighted by Gasteiger charge is -2.07. The van der Waals surface area contributed by atoms with Crippen LogP contribution in [0.3, 0.4) is 0 Å². The highest BCUT2D eigenvalue weighted by atomic mass is 32.2. The maximum absolute atomic E-state index is 4.81. The number of hydrogen-bond donors (Lipinski definition) is 0. The first kappa shape index (κ1) is 16.5. The quantitative estimate of drug-likeness (QED) is 0.396. The van der Waals surface area contributed by atoms with Gasteiger partial charge in [-0.2, -0.15) is 11.3 Å². The molecule has 0 aliphatic rings. The summed E-state index contributed by atoms with van der Waals surface area (Å²) in [6.07, 6.45) is 0. The predicted octanol–water partition coefficient (Wildman–Crippen LogP) is 4.61. The predicted molar refractivity (Wildman–Crippen MR) is 108 cm³/mol. The molecule has 0 aliphatic carbocycles. The fourth-order valence-corrected chi connectivity index (χ4v) is 4.84. The third-order valence-electron chi connectivity index (χ3n) is 3.92. The zero-order valence-electron chi connectivity index (χ0n) is 13.9. The van der Waals surface area contributed by atoms with Gasteiger partial charge >= 0.3 is 0 Å². The molecule has 0 atom stereocenters. The first-order valence-corrected chi connectivity index (χ1v) is 10.8. The van der Waals surface area contributed by atoms with E-state index in [4.69, 9.17) is 9.97 Å². The van der Waals surface area contributed by atoms with Crippen LogP contribution in [0.1, 0.15) is 4.88 Å². The summed E-state index contributed by atoms with van der Waals surface area (Å²) in [7, 11) is 0. The van der Waals surface area contributed by atoms with E-state index in [0.29, 0.717) is 11.7 Å². The van der Waals surface area contributed by atoms with Crippen LogP contribution in [-0.2, 0) is 6.54 Å². The fraction of sp³-hybridized carbons (Fsp3) is 0.0556. The summed E-state index contributed by atoms with van der Waals surface area (Å²) in [5.41, 5.74) is 1.93. The SMILES string of the molecule is c1csc(Cn2nnnc2Sc2nc(-c3ccsc3)nc3ccccc23)c1. The minimum absolute atomic E-state index is 0.646. The Hall–Kier alpha value is -2.62. The van der Waals surface area contributed by atoms with Gasteiger partial charge in [-0.3, -0.25) is 0 Å². The molecule has 9 heteroatoms. The van der Waals surface area contributed by atoms with Crippen LogP contribution < -0.4 is 0 Å². The zero-order chi connectivity index (χ0) is 18.1. The maximum atomic E-state index is 4.81. The topological polar surface area (TPSA) is 69.4 Å². The van der Waals surface area contributed by atoms with Gasteiger partial charge in [-0.25, -0.2) is 14.6 Å². The molecule has 0 radical (unpaired) electrons. The summed E-state index contributed by atoms with van der Waals surface area (Å²) in [6, 6.07) is 14.2. The molecule has 4 aromatic heterocycles. The number of nitrogens with zero attached hydrogens (tertiary/aromatic N) is 6. The van der Waals surface area contributed by atoms with Gasteiger partial charge in [0.2, 0.25) is 5.16 Å². The van der Waals surface area contributed by atoms with Crippen molar-refractivity contribution >= 4 is 45.3 Å². The van der Waals surface area contributed by atoms with Gasteiger partial charge in [0.15, 0.2) is 5.82 Å². The van der Waals surface area contributed by atoms with Gasteiger partial charge in [-0.15, -0.1) is 16.4 Å². The van der Waals surface area contributed by atoms with Crippen molar-refractivity contribution in [1.82, 2.24) is 30.2 Å². The summed E-state index contributed by atoms with van der Waals surface area (Å²) in [6.45, 7) is 0.646. The van der Waals surface area contributed by atoms with Crippen LogP contribution in [-0.4, -0.2) is 30.2 Å². The second kappa shape index (κ2) is 7.18. The Labute approximate surface area is 166 Å². The Morgan fingerprint density at radius 2 is 1.96 bits per heavy atom. The van der Waals surface area contributed by atoms with Crippen LogP contribution in [0.4, 0.5) is 0 Å². The van der Waals surface area contributed by atoms with E-state index >= 15 is 0 Å². The minimum atomic E-state index is 0.646. The largest absolute Gasteiger partial charge is 0.228 e. The summed E-state index contributed by atoms with van der Waals surface area (Å²) in [5.74, 6) is 0.717. The van der Waals surface area contributed by atoms with Gasteiger partial charge in [0.25, 0.3) is 0 Å². The van der Waals surface area contributed by atoms with Crippen molar-refractivity contribution in [2.24, 2.45) is 0 Å². The van der Waals surface area contributed by atoms with E-state index in [1.165, 1.54) is 16.6 Å². The van der Waals surface area contributed by atoms with Crippen LogP contribution in [0, 0.1) is 0 Å². The molecule has 132 valence electrons. The molecule has 0 saturated heterocycles. The summed E-state index contributed by atoms with van der Waals surface area (Å²) in [5, 5.41) is 20.9. The normalized spacial score (nSPS) is 11.3. The summed E-state index contributed by atoms with van der Waals surface area (Å²) >= 11 is 4.79. The molecule has 5 rings (SSSR count). The lowest BCUT2D eigenvalue weighted by molar-refractivity contribution is 0.608. The Kier molecular flexibility index (Phi) is 4.40. The zero-order valence-corrected chi connectivity index (χ0v) is 16.3. The van der Waals surface area contributed by atoms with E-state index in [-0.39, 0.29) is 0 Å². The van der Waals surface area contributed by atoms with Crippen LogP contribution in [0.5, 0.6) is 0 Å². The molecule has 6 nitrogen and oxygen atoms in total. The lowest BCUT2D eigenvalue weighted by Crippen LogP contribution is -2.03. The molecule has 0 aliphatic heterocycles. The third-order valence-corrected chi connectivity index (χ3v) is 6.44. The van der Waals surface area contributed by atoms with Gasteiger partial charge in [0, 0.05) is 21.2 Å². The molecule has 27 heavy (non-hydrogen) atoms. The van der Waals surface area contributed by atoms with Crippen LogP contribution in [0.25, 0.3) is 22.3 Å². The number of thiophene rings is 2. The van der Waals surface area contributed by atoms with Crippen molar-refractivity contribution < 1.29 is 0 Å². The number of tetrazole rings is 1. The van der Waals surface area contributed by atoms with Gasteiger partial charge < -0.3 is 0 Å². The number of fused-ring (bicyclic) bond motifs is 1. The molecule has 0 unspecified atom stereocenters. The molecule has 4 heterocycles. The number of hydrogen-bond acceptors (Lipinski definition) is 8. The first-order valence-electron chi connectivity index (χ1n) is 8.12. The highest BCUT2D eigenvalue weighted by Gasteiger charge is 2.15. The highest BCUT2D eigenvalue weighted by Crippen LogP contribution is 2.32. The standard InChI is InChI=1S/C18H12N6S3/c1-2-6-15-14(5-1)17(20-16(19-15)12-7-9-25-11-12)27-18-21-22-23-24(18)10-13-4-3-8-26-13/h1-9,11H,10H2. The number of para-hydroxylation sites is 1. The smallest absolute Gasteiger partial charge is 0.215 e. The van der Waals surface area contributed by atoms with Crippen molar-refractivity contribution in [2.75, 3.05) is 0 Å². The second-order valence-corrected chi connectivity index (χ2v) is 8.45. The molecule has 0 spiro atoms. The Balaban J connectivity index is 1.56. The summed E-state index contributed by atoms with van der Waals surface area (Å²) in [4.78, 5) is 10.7. The van der Waals surface area contributed by atoms with E-state index in [1.54, 1.807) is 27.4 Å². The molecule has 0 amide bonds. The van der Waals surface area contributed by atoms with Crippen LogP contribution in [0.15, 0.2) is 68.8 Å². The molecule has 5 aromatic rings. The van der Waals surface area contributed by atoms with E-state index in [1.807, 2.05) is 41.8 Å². The Morgan fingerprint density at radius 3 is 2.81 bits per heavy atom. The molecular weight excluding hydrogens is 396 g/mol. The van der Waals surface area contributed by atoms with Crippen LogP contribution in [0.2, 0.25) is 0 Å². The first-order chi connectivity index (χ1) is 13.4.